The van der Waals surface area contributed by atoms with E-state index >= 15 is 0 Å². The standard InChI is InChI=1S/C19H26N4O/c1-5-22(15(3)18-8-6-17(12-20)7-9-18)13-19-14(2)21-23(10-11-24)16(19)4/h6-9,15,24H,5,10-11,13H2,1-4H3. The molecule has 0 aliphatic rings. The van der Waals surface area contributed by atoms with E-state index in [-0.39, 0.29) is 12.6 Å². The number of aliphatic hydroxyl groups excluding tert-OH is 1. The fraction of sp³-hybridized carbons (Fsp3) is 0.474. The maximum absolute atomic E-state index is 9.16. The Morgan fingerprint density at radius 3 is 2.50 bits per heavy atom. The highest BCUT2D eigenvalue weighted by atomic mass is 16.3. The van der Waals surface area contributed by atoms with Crippen molar-refractivity contribution in [3.05, 3.63) is 52.3 Å². The first-order chi connectivity index (χ1) is 11.5. The van der Waals surface area contributed by atoms with E-state index in [1.165, 1.54) is 11.1 Å². The number of benzene rings is 1. The fourth-order valence-corrected chi connectivity index (χ4v) is 3.05. The number of hydrogen-bond acceptors (Lipinski definition) is 4. The summed E-state index contributed by atoms with van der Waals surface area (Å²) in [5, 5.41) is 22.6. The van der Waals surface area contributed by atoms with E-state index in [9.17, 15) is 0 Å². The summed E-state index contributed by atoms with van der Waals surface area (Å²) < 4.78 is 1.88. The van der Waals surface area contributed by atoms with Crippen molar-refractivity contribution in [2.45, 2.75) is 46.8 Å². The van der Waals surface area contributed by atoms with E-state index in [2.05, 4.69) is 36.8 Å². The molecule has 2 aromatic rings. The highest BCUT2D eigenvalue weighted by molar-refractivity contribution is 5.33. The minimum absolute atomic E-state index is 0.0978. The lowest BCUT2D eigenvalue weighted by Gasteiger charge is -2.28. The molecule has 1 atom stereocenters. The lowest BCUT2D eigenvalue weighted by atomic mass is 10.0. The van der Waals surface area contributed by atoms with Crippen LogP contribution in [0.25, 0.3) is 0 Å². The van der Waals surface area contributed by atoms with Gasteiger partial charge in [-0.3, -0.25) is 9.58 Å². The molecule has 1 aromatic carbocycles. The van der Waals surface area contributed by atoms with Gasteiger partial charge in [-0.05, 0) is 45.0 Å². The molecule has 0 spiro atoms. The second kappa shape index (κ2) is 8.09. The fourth-order valence-electron chi connectivity index (χ4n) is 3.05. The van der Waals surface area contributed by atoms with E-state index in [1.807, 2.05) is 35.9 Å². The minimum Gasteiger partial charge on any atom is -0.394 e. The Hall–Kier alpha value is -2.16. The molecule has 0 saturated carbocycles. The van der Waals surface area contributed by atoms with Crippen LogP contribution in [-0.4, -0.2) is 32.9 Å². The van der Waals surface area contributed by atoms with Crippen LogP contribution in [0.4, 0.5) is 0 Å². The third-order valence-corrected chi connectivity index (χ3v) is 4.68. The summed E-state index contributed by atoms with van der Waals surface area (Å²) in [5.41, 5.74) is 5.25. The molecule has 0 fully saturated rings. The van der Waals surface area contributed by atoms with Gasteiger partial charge in [-0.15, -0.1) is 0 Å². The first kappa shape index (κ1) is 18.2. The Bertz CT molecular complexity index is 712. The Labute approximate surface area is 144 Å². The minimum atomic E-state index is 0.0978. The zero-order chi connectivity index (χ0) is 17.7. The van der Waals surface area contributed by atoms with Crippen LogP contribution in [-0.2, 0) is 13.1 Å². The SMILES string of the molecule is CCN(Cc1c(C)nn(CCO)c1C)C(C)c1ccc(C#N)cc1. The van der Waals surface area contributed by atoms with Crippen LogP contribution in [0.5, 0.6) is 0 Å². The lowest BCUT2D eigenvalue weighted by Crippen LogP contribution is -2.27. The number of nitrogens with zero attached hydrogens (tertiary/aromatic N) is 4. The average Bonchev–Trinajstić information content (AvgIpc) is 2.86. The zero-order valence-corrected chi connectivity index (χ0v) is 15.0. The van der Waals surface area contributed by atoms with E-state index in [4.69, 9.17) is 10.4 Å². The number of nitriles is 1. The van der Waals surface area contributed by atoms with Crippen LogP contribution >= 0.6 is 0 Å². The quantitative estimate of drug-likeness (QED) is 0.849. The molecule has 128 valence electrons. The van der Waals surface area contributed by atoms with Crippen LogP contribution in [0.2, 0.25) is 0 Å². The monoisotopic (exact) mass is 326 g/mol. The molecule has 0 bridgehead atoms. The Morgan fingerprint density at radius 2 is 1.96 bits per heavy atom. The summed E-state index contributed by atoms with van der Waals surface area (Å²) in [5.74, 6) is 0. The zero-order valence-electron chi connectivity index (χ0n) is 15.0. The molecule has 1 N–H and O–H groups in total. The Kier molecular flexibility index (Phi) is 6.13. The molecular weight excluding hydrogens is 300 g/mol. The van der Waals surface area contributed by atoms with E-state index in [0.717, 1.165) is 24.5 Å². The topological polar surface area (TPSA) is 65.1 Å². The summed E-state index contributed by atoms with van der Waals surface area (Å²) >= 11 is 0. The van der Waals surface area contributed by atoms with Crippen molar-refractivity contribution in [2.75, 3.05) is 13.2 Å². The van der Waals surface area contributed by atoms with Crippen molar-refractivity contribution >= 4 is 0 Å². The van der Waals surface area contributed by atoms with Gasteiger partial charge in [0.05, 0.1) is 30.5 Å². The summed E-state index contributed by atoms with van der Waals surface area (Å²) in [7, 11) is 0. The van der Waals surface area contributed by atoms with Gasteiger partial charge in [0.15, 0.2) is 0 Å². The molecule has 2 rings (SSSR count). The molecule has 0 radical (unpaired) electrons. The van der Waals surface area contributed by atoms with E-state index < -0.39 is 0 Å². The smallest absolute Gasteiger partial charge is 0.0991 e. The van der Waals surface area contributed by atoms with Gasteiger partial charge in [0.2, 0.25) is 0 Å². The maximum atomic E-state index is 9.16. The largest absolute Gasteiger partial charge is 0.394 e. The molecule has 0 aliphatic carbocycles. The van der Waals surface area contributed by atoms with Crippen LogP contribution in [0.3, 0.4) is 0 Å². The molecule has 5 heteroatoms. The molecule has 1 unspecified atom stereocenters. The number of rotatable bonds is 7. The van der Waals surface area contributed by atoms with E-state index in [1.54, 1.807) is 0 Å². The van der Waals surface area contributed by atoms with Crippen molar-refractivity contribution in [2.24, 2.45) is 0 Å². The maximum Gasteiger partial charge on any atom is 0.0991 e. The summed E-state index contributed by atoms with van der Waals surface area (Å²) in [6.07, 6.45) is 0. The van der Waals surface area contributed by atoms with Gasteiger partial charge >= 0.3 is 0 Å². The number of aryl methyl sites for hydroxylation is 1. The van der Waals surface area contributed by atoms with Crippen molar-refractivity contribution in [1.29, 1.82) is 5.26 Å². The second-order valence-corrected chi connectivity index (χ2v) is 6.07. The van der Waals surface area contributed by atoms with Gasteiger partial charge in [0, 0.05) is 23.8 Å². The molecule has 0 aliphatic heterocycles. The molecule has 1 aromatic heterocycles. The van der Waals surface area contributed by atoms with Gasteiger partial charge in [-0.25, -0.2) is 0 Å². The van der Waals surface area contributed by atoms with Crippen LogP contribution in [0, 0.1) is 25.2 Å². The lowest BCUT2D eigenvalue weighted by molar-refractivity contribution is 0.212. The van der Waals surface area contributed by atoms with Gasteiger partial charge in [-0.2, -0.15) is 10.4 Å². The molecule has 0 saturated heterocycles. The highest BCUT2D eigenvalue weighted by Gasteiger charge is 2.19. The summed E-state index contributed by atoms with van der Waals surface area (Å²) in [6, 6.07) is 10.2. The third kappa shape index (κ3) is 3.84. The van der Waals surface area contributed by atoms with Crippen molar-refractivity contribution in [3.8, 4) is 6.07 Å². The molecular formula is C19H26N4O. The Morgan fingerprint density at radius 1 is 1.29 bits per heavy atom. The molecule has 1 heterocycles. The normalized spacial score (nSPS) is 12.4. The Balaban J connectivity index is 2.21. The van der Waals surface area contributed by atoms with Crippen LogP contribution in [0.15, 0.2) is 24.3 Å². The van der Waals surface area contributed by atoms with Crippen molar-refractivity contribution in [3.63, 3.8) is 0 Å². The summed E-state index contributed by atoms with van der Waals surface area (Å²) in [6.45, 7) is 10.8. The third-order valence-electron chi connectivity index (χ3n) is 4.68. The number of aliphatic hydroxyl groups is 1. The highest BCUT2D eigenvalue weighted by Crippen LogP contribution is 2.24. The van der Waals surface area contributed by atoms with Crippen molar-refractivity contribution < 1.29 is 5.11 Å². The first-order valence-corrected chi connectivity index (χ1v) is 8.39. The van der Waals surface area contributed by atoms with Crippen LogP contribution in [0.1, 0.15) is 48.0 Å². The average molecular weight is 326 g/mol. The first-order valence-electron chi connectivity index (χ1n) is 8.39. The summed E-state index contributed by atoms with van der Waals surface area (Å²) in [4.78, 5) is 2.39. The van der Waals surface area contributed by atoms with Gasteiger partial charge in [-0.1, -0.05) is 19.1 Å². The molecule has 5 nitrogen and oxygen atoms in total. The predicted octanol–water partition coefficient (Wildman–Crippen LogP) is 2.95. The molecule has 24 heavy (non-hydrogen) atoms. The second-order valence-electron chi connectivity index (χ2n) is 6.07. The van der Waals surface area contributed by atoms with Gasteiger partial charge in [0.1, 0.15) is 0 Å². The van der Waals surface area contributed by atoms with Gasteiger partial charge in [0.25, 0.3) is 0 Å². The van der Waals surface area contributed by atoms with Crippen molar-refractivity contribution in [1.82, 2.24) is 14.7 Å². The number of hydrogen-bond donors (Lipinski definition) is 1. The predicted molar refractivity (Wildman–Crippen MR) is 94.4 cm³/mol. The van der Waals surface area contributed by atoms with Gasteiger partial charge < -0.3 is 5.11 Å². The number of aromatic nitrogens is 2. The van der Waals surface area contributed by atoms with E-state index in [0.29, 0.717) is 12.1 Å². The molecule has 0 amide bonds. The van der Waals surface area contributed by atoms with Crippen LogP contribution < -0.4 is 0 Å².